The lowest BCUT2D eigenvalue weighted by atomic mass is 10.0. The van der Waals surface area contributed by atoms with Crippen molar-refractivity contribution in [3.63, 3.8) is 0 Å². The Labute approximate surface area is 153 Å². The fourth-order valence-electron chi connectivity index (χ4n) is 2.74. The van der Waals surface area contributed by atoms with E-state index in [0.717, 1.165) is 0 Å². The van der Waals surface area contributed by atoms with E-state index in [1.54, 1.807) is 25.1 Å². The molecule has 0 spiro atoms. The number of aliphatic carboxylic acids is 2. The second-order valence-corrected chi connectivity index (χ2v) is 5.89. The summed E-state index contributed by atoms with van der Waals surface area (Å²) < 4.78 is 10.4. The summed E-state index contributed by atoms with van der Waals surface area (Å²) in [5, 5.41) is 18.3. The molecule has 2 aromatic rings. The first-order chi connectivity index (χ1) is 12.7. The van der Waals surface area contributed by atoms with Crippen molar-refractivity contribution in [3.05, 3.63) is 39.7 Å². The molecule has 0 aliphatic carbocycles. The Morgan fingerprint density at radius 3 is 2.33 bits per heavy atom. The first-order valence-corrected chi connectivity index (χ1v) is 8.04. The number of hydrogen-bond acceptors (Lipinski definition) is 6. The maximum Gasteiger partial charge on any atom is 0.339 e. The number of ether oxygens (including phenoxy) is 1. The fraction of sp³-hybridized carbons (Fsp3) is 0.333. The van der Waals surface area contributed by atoms with Gasteiger partial charge in [0.15, 0.2) is 0 Å². The molecule has 0 fully saturated rings. The molecule has 0 saturated heterocycles. The molecule has 144 valence electrons. The van der Waals surface area contributed by atoms with Crippen molar-refractivity contribution in [3.8, 4) is 5.75 Å². The summed E-state index contributed by atoms with van der Waals surface area (Å²) in [5.74, 6) is -2.78. The molecule has 27 heavy (non-hydrogen) atoms. The van der Waals surface area contributed by atoms with Crippen LogP contribution in [0.3, 0.4) is 0 Å². The highest BCUT2D eigenvalue weighted by Crippen LogP contribution is 2.24. The number of fused-ring (bicyclic) bond motifs is 1. The number of nitrogens with zero attached hydrogens (tertiary/aromatic N) is 1. The minimum atomic E-state index is -1.32. The highest BCUT2D eigenvalue weighted by molar-refractivity contribution is 5.86. The second kappa shape index (κ2) is 8.35. The summed E-state index contributed by atoms with van der Waals surface area (Å²) >= 11 is 0. The van der Waals surface area contributed by atoms with E-state index in [-0.39, 0.29) is 18.4 Å². The molecule has 9 nitrogen and oxygen atoms in total. The Hall–Kier alpha value is -3.36. The smallest absolute Gasteiger partial charge is 0.339 e. The van der Waals surface area contributed by atoms with Crippen molar-refractivity contribution in [2.45, 2.75) is 19.8 Å². The Morgan fingerprint density at radius 1 is 1.15 bits per heavy atom. The van der Waals surface area contributed by atoms with E-state index in [4.69, 9.17) is 19.4 Å². The van der Waals surface area contributed by atoms with Gasteiger partial charge in [0.25, 0.3) is 0 Å². The van der Waals surface area contributed by atoms with Crippen molar-refractivity contribution in [1.29, 1.82) is 0 Å². The molecule has 0 unspecified atom stereocenters. The Kier molecular flexibility index (Phi) is 6.17. The first kappa shape index (κ1) is 20.0. The van der Waals surface area contributed by atoms with Gasteiger partial charge in [-0.3, -0.25) is 14.4 Å². The van der Waals surface area contributed by atoms with Crippen LogP contribution in [-0.4, -0.2) is 53.2 Å². The molecule has 2 N–H and O–H groups in total. The maximum absolute atomic E-state index is 12.3. The summed E-state index contributed by atoms with van der Waals surface area (Å²) in [5.41, 5.74) is 0.667. The molecule has 0 atom stereocenters. The zero-order valence-electron chi connectivity index (χ0n) is 14.9. The van der Waals surface area contributed by atoms with Crippen molar-refractivity contribution >= 4 is 28.8 Å². The number of methoxy groups -OCH3 is 1. The summed E-state index contributed by atoms with van der Waals surface area (Å²) in [7, 11) is 1.49. The average Bonchev–Trinajstić information content (AvgIpc) is 2.59. The van der Waals surface area contributed by atoms with Gasteiger partial charge in [0.2, 0.25) is 5.91 Å². The van der Waals surface area contributed by atoms with Gasteiger partial charge in [-0.25, -0.2) is 4.79 Å². The summed E-state index contributed by atoms with van der Waals surface area (Å²) in [4.78, 5) is 46.8. The number of carbonyl (C=O) groups is 3. The van der Waals surface area contributed by atoms with Crippen LogP contribution in [0.25, 0.3) is 11.0 Å². The van der Waals surface area contributed by atoms with Crippen LogP contribution < -0.4 is 10.4 Å². The van der Waals surface area contributed by atoms with Gasteiger partial charge in [-0.05, 0) is 31.0 Å². The standard InChI is InChI=1S/C18H19NO8/c1-10-12-4-3-11(26-2)7-14(12)27-18(25)13(10)5-6-15(20)19(8-16(21)22)9-17(23)24/h3-4,7H,5-6,8-9H2,1-2H3,(H,21,22)(H,23,24). The number of carboxylic acids is 2. The van der Waals surface area contributed by atoms with Gasteiger partial charge in [-0.1, -0.05) is 0 Å². The van der Waals surface area contributed by atoms with Crippen LogP contribution in [0.4, 0.5) is 0 Å². The van der Waals surface area contributed by atoms with Gasteiger partial charge >= 0.3 is 17.6 Å². The third kappa shape index (κ3) is 4.84. The van der Waals surface area contributed by atoms with E-state index in [0.29, 0.717) is 27.2 Å². The van der Waals surface area contributed by atoms with Crippen LogP contribution in [0.15, 0.2) is 27.4 Å². The zero-order valence-corrected chi connectivity index (χ0v) is 14.9. The van der Waals surface area contributed by atoms with Crippen LogP contribution in [-0.2, 0) is 20.8 Å². The first-order valence-electron chi connectivity index (χ1n) is 8.04. The van der Waals surface area contributed by atoms with Gasteiger partial charge in [0.1, 0.15) is 24.4 Å². The highest BCUT2D eigenvalue weighted by Gasteiger charge is 2.21. The topological polar surface area (TPSA) is 134 Å². The van der Waals surface area contributed by atoms with Crippen LogP contribution in [0, 0.1) is 6.92 Å². The molecule has 0 saturated carbocycles. The van der Waals surface area contributed by atoms with Crippen LogP contribution in [0.2, 0.25) is 0 Å². The van der Waals surface area contributed by atoms with Gasteiger partial charge in [-0.15, -0.1) is 0 Å². The summed E-state index contributed by atoms with van der Waals surface area (Å²) in [6, 6.07) is 5.03. The number of carboxylic acid groups (broad SMARTS) is 2. The van der Waals surface area contributed by atoms with Crippen LogP contribution >= 0.6 is 0 Å². The largest absolute Gasteiger partial charge is 0.497 e. The minimum Gasteiger partial charge on any atom is -0.497 e. The van der Waals surface area contributed by atoms with Crippen LogP contribution in [0.5, 0.6) is 5.75 Å². The number of rotatable bonds is 8. The Morgan fingerprint density at radius 2 is 1.78 bits per heavy atom. The maximum atomic E-state index is 12.3. The van der Waals surface area contributed by atoms with Crippen molar-refractivity contribution in [2.75, 3.05) is 20.2 Å². The quantitative estimate of drug-likeness (QED) is 0.652. The molecule has 1 aromatic carbocycles. The molecule has 1 aromatic heterocycles. The normalized spacial score (nSPS) is 10.6. The molecule has 0 bridgehead atoms. The molecule has 0 aliphatic heterocycles. The fourth-order valence-corrected chi connectivity index (χ4v) is 2.74. The van der Waals surface area contributed by atoms with E-state index >= 15 is 0 Å². The molecule has 9 heteroatoms. The molecule has 0 radical (unpaired) electrons. The van der Waals surface area contributed by atoms with E-state index in [1.807, 2.05) is 0 Å². The van der Waals surface area contributed by atoms with Crippen molar-refractivity contribution < 1.29 is 33.8 Å². The van der Waals surface area contributed by atoms with E-state index < -0.39 is 36.6 Å². The lowest BCUT2D eigenvalue weighted by Gasteiger charge is -2.18. The summed E-state index contributed by atoms with van der Waals surface area (Å²) in [6.45, 7) is 0.268. The monoisotopic (exact) mass is 377 g/mol. The minimum absolute atomic E-state index is 0.00467. The summed E-state index contributed by atoms with van der Waals surface area (Å²) in [6.07, 6.45) is -0.210. The third-order valence-corrected chi connectivity index (χ3v) is 4.09. The molecular weight excluding hydrogens is 358 g/mol. The predicted molar refractivity (Wildman–Crippen MR) is 93.9 cm³/mol. The molecular formula is C18H19NO8. The molecule has 1 heterocycles. The van der Waals surface area contributed by atoms with E-state index in [9.17, 15) is 19.2 Å². The van der Waals surface area contributed by atoms with Crippen LogP contribution in [0.1, 0.15) is 17.5 Å². The number of benzene rings is 1. The van der Waals surface area contributed by atoms with Gasteiger partial charge in [0, 0.05) is 23.4 Å². The van der Waals surface area contributed by atoms with E-state index in [1.165, 1.54) is 7.11 Å². The number of amides is 1. The van der Waals surface area contributed by atoms with Gasteiger partial charge in [0.05, 0.1) is 7.11 Å². The number of aryl methyl sites for hydroxylation is 1. The number of hydrogen-bond donors (Lipinski definition) is 2. The van der Waals surface area contributed by atoms with Gasteiger partial charge < -0.3 is 24.3 Å². The predicted octanol–water partition coefficient (Wildman–Crippen LogP) is 1.04. The van der Waals surface area contributed by atoms with Gasteiger partial charge in [-0.2, -0.15) is 0 Å². The second-order valence-electron chi connectivity index (χ2n) is 5.89. The lowest BCUT2D eigenvalue weighted by molar-refractivity contribution is -0.149. The third-order valence-electron chi connectivity index (χ3n) is 4.09. The average molecular weight is 377 g/mol. The lowest BCUT2D eigenvalue weighted by Crippen LogP contribution is -2.39. The Bertz CT molecular complexity index is 930. The van der Waals surface area contributed by atoms with E-state index in [2.05, 4.69) is 0 Å². The Balaban J connectivity index is 2.24. The van der Waals surface area contributed by atoms with Crippen molar-refractivity contribution in [1.82, 2.24) is 4.90 Å². The highest BCUT2D eigenvalue weighted by atomic mass is 16.5. The zero-order chi connectivity index (χ0) is 20.1. The number of carbonyl (C=O) groups excluding carboxylic acids is 1. The molecule has 2 rings (SSSR count). The SMILES string of the molecule is COc1ccc2c(C)c(CCC(=O)N(CC(=O)O)CC(=O)O)c(=O)oc2c1. The molecule has 1 amide bonds. The molecule has 0 aliphatic rings. The van der Waals surface area contributed by atoms with Crippen molar-refractivity contribution in [2.24, 2.45) is 0 Å².